The first-order valence-electron chi connectivity index (χ1n) is 9.51. The van der Waals surface area contributed by atoms with Crippen LogP contribution in [0.25, 0.3) is 21.5 Å². The smallest absolute Gasteiger partial charge is 0.360 e. The van der Waals surface area contributed by atoms with E-state index in [1.165, 1.54) is 17.4 Å². The third-order valence-corrected chi connectivity index (χ3v) is 5.97. The largest absolute Gasteiger partial charge is 0.416 e. The van der Waals surface area contributed by atoms with Gasteiger partial charge in [-0.25, -0.2) is 9.78 Å². The molecule has 0 fully saturated rings. The highest BCUT2D eigenvalue weighted by atomic mass is 32.1. The summed E-state index contributed by atoms with van der Waals surface area (Å²) in [7, 11) is 1.70. The molecule has 0 aliphatic carbocycles. The lowest BCUT2D eigenvalue weighted by Gasteiger charge is -2.14. The molecule has 162 valence electrons. The highest BCUT2D eigenvalue weighted by molar-refractivity contribution is 7.18. The molecule has 2 aromatic carbocycles. The Bertz CT molecular complexity index is 1270. The van der Waals surface area contributed by atoms with Gasteiger partial charge >= 0.3 is 11.9 Å². The van der Waals surface area contributed by atoms with Crippen molar-refractivity contribution in [3.05, 3.63) is 70.3 Å². The second-order valence-electron chi connectivity index (χ2n) is 7.29. The molecule has 2 aromatic heterocycles. The summed E-state index contributed by atoms with van der Waals surface area (Å²) in [6, 6.07) is 10.5. The van der Waals surface area contributed by atoms with Gasteiger partial charge < -0.3 is 16.0 Å². The van der Waals surface area contributed by atoms with Crippen molar-refractivity contribution in [2.75, 3.05) is 11.9 Å². The third-order valence-electron chi connectivity index (χ3n) is 4.96. The Hall–Kier alpha value is -3.11. The van der Waals surface area contributed by atoms with Crippen LogP contribution < -0.4 is 16.7 Å². The molecule has 10 heteroatoms. The van der Waals surface area contributed by atoms with Gasteiger partial charge in [0.25, 0.3) is 0 Å². The minimum absolute atomic E-state index is 0.173. The fourth-order valence-electron chi connectivity index (χ4n) is 3.33. The number of nitrogens with one attached hydrogen (secondary N) is 2. The lowest BCUT2D eigenvalue weighted by molar-refractivity contribution is -0.137. The second-order valence-corrected chi connectivity index (χ2v) is 8.32. The maximum absolute atomic E-state index is 12.9. The molecule has 4 aromatic rings. The number of hydrogen-bond acceptors (Lipinski definition) is 5. The predicted molar refractivity (Wildman–Crippen MR) is 116 cm³/mol. The van der Waals surface area contributed by atoms with Crippen LogP contribution >= 0.6 is 11.3 Å². The first kappa shape index (κ1) is 21.1. The van der Waals surface area contributed by atoms with Gasteiger partial charge in [-0.3, -0.25) is 4.57 Å². The summed E-state index contributed by atoms with van der Waals surface area (Å²) in [6.07, 6.45) is -2.32. The molecule has 1 atom stereocenters. The van der Waals surface area contributed by atoms with Crippen molar-refractivity contribution in [1.82, 2.24) is 14.5 Å². The van der Waals surface area contributed by atoms with Gasteiger partial charge in [-0.1, -0.05) is 35.6 Å². The number of aryl methyl sites for hydroxylation is 1. The van der Waals surface area contributed by atoms with Gasteiger partial charge in [0.15, 0.2) is 5.13 Å². The molecule has 0 aliphatic heterocycles. The van der Waals surface area contributed by atoms with Crippen LogP contribution in [0.15, 0.2) is 53.5 Å². The number of fused-ring (bicyclic) bond motifs is 1. The third kappa shape index (κ3) is 4.64. The Labute approximate surface area is 179 Å². The SMILES string of the molecule is Cn1c(=O)[nH]c2ccc(-c3cnc(NC[C@@H](N)Cc4cccc(C(F)(F)F)c4)s3)cc21. The monoisotopic (exact) mass is 447 g/mol. The van der Waals surface area contributed by atoms with E-state index in [0.29, 0.717) is 23.7 Å². The van der Waals surface area contributed by atoms with Crippen molar-refractivity contribution in [3.63, 3.8) is 0 Å². The van der Waals surface area contributed by atoms with E-state index >= 15 is 0 Å². The summed E-state index contributed by atoms with van der Waals surface area (Å²) in [5.74, 6) is 0. The number of H-pyrrole nitrogens is 1. The Balaban J connectivity index is 1.40. The highest BCUT2D eigenvalue weighted by Crippen LogP contribution is 2.31. The number of rotatable bonds is 6. The van der Waals surface area contributed by atoms with Crippen LogP contribution in [0.2, 0.25) is 0 Å². The molecule has 0 saturated carbocycles. The van der Waals surface area contributed by atoms with E-state index in [2.05, 4.69) is 15.3 Å². The van der Waals surface area contributed by atoms with E-state index in [0.717, 1.165) is 33.6 Å². The van der Waals surface area contributed by atoms with Crippen LogP contribution in [0.3, 0.4) is 0 Å². The summed E-state index contributed by atoms with van der Waals surface area (Å²) in [5, 5.41) is 3.82. The molecule has 4 rings (SSSR count). The fourth-order valence-corrected chi connectivity index (χ4v) is 4.15. The zero-order chi connectivity index (χ0) is 22.2. The van der Waals surface area contributed by atoms with Crippen LogP contribution in [0.1, 0.15) is 11.1 Å². The number of imidazole rings is 1. The van der Waals surface area contributed by atoms with Crippen LogP contribution in [-0.2, 0) is 19.6 Å². The van der Waals surface area contributed by atoms with Gasteiger partial charge in [0.05, 0.1) is 21.5 Å². The molecule has 0 saturated heterocycles. The Morgan fingerprint density at radius 1 is 1.26 bits per heavy atom. The molecule has 31 heavy (non-hydrogen) atoms. The Morgan fingerprint density at radius 3 is 2.84 bits per heavy atom. The standard InChI is InChI=1S/C21H20F3N5OS/c1-29-17-9-13(5-6-16(17)28-20(29)30)18-11-27-19(31-18)26-10-15(25)8-12-3-2-4-14(7-12)21(22,23)24/h2-7,9,11,15H,8,10,25H2,1H3,(H,26,27)(H,28,30)/t15-/m0/s1. The van der Waals surface area contributed by atoms with E-state index in [4.69, 9.17) is 5.73 Å². The minimum atomic E-state index is -4.37. The van der Waals surface area contributed by atoms with Crippen molar-refractivity contribution in [3.8, 4) is 10.4 Å². The first-order chi connectivity index (χ1) is 14.7. The molecule has 6 nitrogen and oxygen atoms in total. The van der Waals surface area contributed by atoms with E-state index in [1.807, 2.05) is 18.2 Å². The molecule has 4 N–H and O–H groups in total. The predicted octanol–water partition coefficient (Wildman–Crippen LogP) is 3.99. The quantitative estimate of drug-likeness (QED) is 0.417. The van der Waals surface area contributed by atoms with Crippen molar-refractivity contribution < 1.29 is 13.2 Å². The average molecular weight is 447 g/mol. The number of aromatic amines is 1. The molecule has 0 aliphatic rings. The average Bonchev–Trinajstić information content (AvgIpc) is 3.31. The second kappa shape index (κ2) is 8.20. The van der Waals surface area contributed by atoms with Crippen molar-refractivity contribution >= 4 is 27.5 Å². The zero-order valence-corrected chi connectivity index (χ0v) is 17.3. The van der Waals surface area contributed by atoms with Gasteiger partial charge in [0.1, 0.15) is 0 Å². The number of halogens is 3. The topological polar surface area (TPSA) is 88.7 Å². The number of hydrogen-bond donors (Lipinski definition) is 3. The summed E-state index contributed by atoms with van der Waals surface area (Å²) < 4.78 is 40.1. The molecular weight excluding hydrogens is 427 g/mol. The number of aromatic nitrogens is 3. The summed E-state index contributed by atoms with van der Waals surface area (Å²) in [5.41, 5.74) is 8.29. The van der Waals surface area contributed by atoms with Gasteiger partial charge in [-0.05, 0) is 35.7 Å². The summed E-state index contributed by atoms with van der Waals surface area (Å²) in [4.78, 5) is 19.8. The minimum Gasteiger partial charge on any atom is -0.360 e. The zero-order valence-electron chi connectivity index (χ0n) is 16.5. The van der Waals surface area contributed by atoms with Crippen LogP contribution in [0, 0.1) is 0 Å². The molecule has 0 unspecified atom stereocenters. The number of nitrogens with two attached hydrogens (primary N) is 1. The summed E-state index contributed by atoms with van der Waals surface area (Å²) in [6.45, 7) is 0.370. The van der Waals surface area contributed by atoms with Crippen molar-refractivity contribution in [2.45, 2.75) is 18.6 Å². The number of nitrogens with zero attached hydrogens (tertiary/aromatic N) is 2. The Kier molecular flexibility index (Phi) is 5.59. The summed E-state index contributed by atoms with van der Waals surface area (Å²) >= 11 is 1.44. The first-order valence-corrected chi connectivity index (χ1v) is 10.3. The molecule has 0 amide bonds. The molecule has 0 radical (unpaired) electrons. The Morgan fingerprint density at radius 2 is 2.06 bits per heavy atom. The van der Waals surface area contributed by atoms with E-state index < -0.39 is 11.7 Å². The van der Waals surface area contributed by atoms with E-state index in [1.54, 1.807) is 23.9 Å². The number of anilines is 1. The van der Waals surface area contributed by atoms with Gasteiger partial charge in [0, 0.05) is 25.8 Å². The number of thiazole rings is 1. The highest BCUT2D eigenvalue weighted by Gasteiger charge is 2.30. The lowest BCUT2D eigenvalue weighted by atomic mass is 10.0. The van der Waals surface area contributed by atoms with Gasteiger partial charge in [-0.15, -0.1) is 0 Å². The fraction of sp³-hybridized carbons (Fsp3) is 0.238. The number of alkyl halides is 3. The van der Waals surface area contributed by atoms with Gasteiger partial charge in [-0.2, -0.15) is 13.2 Å². The van der Waals surface area contributed by atoms with Crippen LogP contribution in [-0.4, -0.2) is 27.1 Å². The maximum Gasteiger partial charge on any atom is 0.416 e. The van der Waals surface area contributed by atoms with E-state index in [-0.39, 0.29) is 11.7 Å². The molecule has 2 heterocycles. The van der Waals surface area contributed by atoms with Crippen molar-refractivity contribution in [1.29, 1.82) is 0 Å². The molecular formula is C21H20F3N5OS. The van der Waals surface area contributed by atoms with Crippen molar-refractivity contribution in [2.24, 2.45) is 12.8 Å². The number of benzene rings is 2. The lowest BCUT2D eigenvalue weighted by Crippen LogP contribution is -2.31. The molecule has 0 spiro atoms. The van der Waals surface area contributed by atoms with E-state index in [9.17, 15) is 18.0 Å². The maximum atomic E-state index is 12.9. The molecule has 0 bridgehead atoms. The van der Waals surface area contributed by atoms with Crippen LogP contribution in [0.5, 0.6) is 0 Å². The van der Waals surface area contributed by atoms with Crippen LogP contribution in [0.4, 0.5) is 18.3 Å². The van der Waals surface area contributed by atoms with Gasteiger partial charge in [0.2, 0.25) is 0 Å². The normalized spacial score (nSPS) is 12.9.